The van der Waals surface area contributed by atoms with Gasteiger partial charge in [0, 0.05) is 32.3 Å². The Kier molecular flexibility index (Phi) is 3.73. The van der Waals surface area contributed by atoms with Gasteiger partial charge in [0.1, 0.15) is 0 Å². The molecule has 0 radical (unpaired) electrons. The van der Waals surface area contributed by atoms with Gasteiger partial charge in [-0.1, -0.05) is 0 Å². The number of piperazine rings is 1. The van der Waals surface area contributed by atoms with E-state index in [1.807, 2.05) is 4.90 Å². The van der Waals surface area contributed by atoms with Crippen LogP contribution in [0, 0.1) is 0 Å². The number of hydrogen-bond acceptors (Lipinski definition) is 3. The predicted molar refractivity (Wildman–Crippen MR) is 66.8 cm³/mol. The maximum absolute atomic E-state index is 12.4. The molecular weight excluding hydrogens is 216 g/mol. The van der Waals surface area contributed by atoms with E-state index in [4.69, 9.17) is 4.74 Å². The van der Waals surface area contributed by atoms with Crippen molar-refractivity contribution in [1.29, 1.82) is 0 Å². The maximum Gasteiger partial charge on any atom is 0.226 e. The molecular formula is C13H24N2O2. The SMILES string of the molecule is COC1(CC(=O)N2C(C)CNCC2C)CCC1. The van der Waals surface area contributed by atoms with E-state index >= 15 is 0 Å². The van der Waals surface area contributed by atoms with Gasteiger partial charge in [0.25, 0.3) is 0 Å². The third kappa shape index (κ3) is 2.47. The van der Waals surface area contributed by atoms with Crippen molar-refractivity contribution in [2.45, 2.75) is 57.2 Å². The van der Waals surface area contributed by atoms with Crippen LogP contribution in [0.4, 0.5) is 0 Å². The first-order chi connectivity index (χ1) is 8.08. The van der Waals surface area contributed by atoms with E-state index in [2.05, 4.69) is 19.2 Å². The number of amides is 1. The van der Waals surface area contributed by atoms with Gasteiger partial charge in [-0.25, -0.2) is 0 Å². The molecule has 4 heteroatoms. The van der Waals surface area contributed by atoms with E-state index in [1.165, 1.54) is 6.42 Å². The van der Waals surface area contributed by atoms with E-state index < -0.39 is 0 Å². The zero-order valence-corrected chi connectivity index (χ0v) is 11.2. The Morgan fingerprint density at radius 2 is 1.94 bits per heavy atom. The molecule has 0 bridgehead atoms. The number of carbonyl (C=O) groups is 1. The van der Waals surface area contributed by atoms with Crippen LogP contribution in [0.3, 0.4) is 0 Å². The highest BCUT2D eigenvalue weighted by Gasteiger charge is 2.41. The summed E-state index contributed by atoms with van der Waals surface area (Å²) in [5, 5.41) is 3.35. The topological polar surface area (TPSA) is 41.6 Å². The summed E-state index contributed by atoms with van der Waals surface area (Å²) in [6.45, 7) is 6.02. The third-order valence-corrected chi connectivity index (χ3v) is 4.29. The summed E-state index contributed by atoms with van der Waals surface area (Å²) >= 11 is 0. The minimum Gasteiger partial charge on any atom is -0.378 e. The standard InChI is InChI=1S/C13H24N2O2/c1-10-8-14-9-11(2)15(10)12(16)7-13(17-3)5-4-6-13/h10-11,14H,4-9H2,1-3H3. The highest BCUT2D eigenvalue weighted by atomic mass is 16.5. The van der Waals surface area contributed by atoms with Crippen molar-refractivity contribution in [3.05, 3.63) is 0 Å². The number of hydrogen-bond donors (Lipinski definition) is 1. The van der Waals surface area contributed by atoms with Gasteiger partial charge >= 0.3 is 0 Å². The van der Waals surface area contributed by atoms with Crippen LogP contribution >= 0.6 is 0 Å². The van der Waals surface area contributed by atoms with E-state index in [0.717, 1.165) is 25.9 Å². The smallest absolute Gasteiger partial charge is 0.226 e. The Balaban J connectivity index is 1.98. The summed E-state index contributed by atoms with van der Waals surface area (Å²) in [6.07, 6.45) is 3.81. The molecule has 4 nitrogen and oxygen atoms in total. The fraction of sp³-hybridized carbons (Fsp3) is 0.923. The lowest BCUT2D eigenvalue weighted by atomic mass is 9.77. The van der Waals surface area contributed by atoms with Crippen molar-refractivity contribution >= 4 is 5.91 Å². The molecule has 1 aliphatic carbocycles. The van der Waals surface area contributed by atoms with Gasteiger partial charge in [-0.3, -0.25) is 4.79 Å². The highest BCUT2D eigenvalue weighted by molar-refractivity contribution is 5.78. The second kappa shape index (κ2) is 4.94. The second-order valence-corrected chi connectivity index (χ2v) is 5.57. The molecule has 2 fully saturated rings. The molecule has 1 aliphatic heterocycles. The van der Waals surface area contributed by atoms with Gasteiger partial charge in [-0.15, -0.1) is 0 Å². The summed E-state index contributed by atoms with van der Waals surface area (Å²) in [5.41, 5.74) is -0.151. The van der Waals surface area contributed by atoms with Crippen LogP contribution in [-0.2, 0) is 9.53 Å². The Labute approximate surface area is 104 Å². The minimum atomic E-state index is -0.151. The number of nitrogens with one attached hydrogen (secondary N) is 1. The van der Waals surface area contributed by atoms with Crippen molar-refractivity contribution in [2.24, 2.45) is 0 Å². The molecule has 1 N–H and O–H groups in total. The van der Waals surface area contributed by atoms with Crippen molar-refractivity contribution in [3.8, 4) is 0 Å². The lowest BCUT2D eigenvalue weighted by Gasteiger charge is -2.44. The Morgan fingerprint density at radius 3 is 2.35 bits per heavy atom. The summed E-state index contributed by atoms with van der Waals surface area (Å²) in [4.78, 5) is 14.4. The normalized spacial score (nSPS) is 32.1. The van der Waals surface area contributed by atoms with Gasteiger partial charge in [-0.2, -0.15) is 0 Å². The molecule has 2 rings (SSSR count). The molecule has 1 saturated carbocycles. The second-order valence-electron chi connectivity index (χ2n) is 5.57. The Bertz CT molecular complexity index is 274. The zero-order chi connectivity index (χ0) is 12.5. The number of rotatable bonds is 3. The summed E-state index contributed by atoms with van der Waals surface area (Å²) in [5.74, 6) is 0.257. The van der Waals surface area contributed by atoms with Crippen LogP contribution < -0.4 is 5.32 Å². The molecule has 0 aromatic carbocycles. The van der Waals surface area contributed by atoms with E-state index in [0.29, 0.717) is 18.5 Å². The van der Waals surface area contributed by atoms with Crippen molar-refractivity contribution < 1.29 is 9.53 Å². The first kappa shape index (κ1) is 12.8. The zero-order valence-electron chi connectivity index (χ0n) is 11.2. The average molecular weight is 240 g/mol. The third-order valence-electron chi connectivity index (χ3n) is 4.29. The number of carbonyl (C=O) groups excluding carboxylic acids is 1. The van der Waals surface area contributed by atoms with Gasteiger partial charge < -0.3 is 15.0 Å². The van der Waals surface area contributed by atoms with Gasteiger partial charge in [0.05, 0.1) is 12.0 Å². The number of ether oxygens (including phenoxy) is 1. The van der Waals surface area contributed by atoms with E-state index in [-0.39, 0.29) is 11.5 Å². The molecule has 1 heterocycles. The largest absolute Gasteiger partial charge is 0.378 e. The molecule has 1 saturated heterocycles. The van der Waals surface area contributed by atoms with Crippen LogP contribution in [0.2, 0.25) is 0 Å². The minimum absolute atomic E-state index is 0.151. The first-order valence-corrected chi connectivity index (χ1v) is 6.65. The molecule has 0 aromatic heterocycles. The lowest BCUT2D eigenvalue weighted by molar-refractivity contribution is -0.149. The maximum atomic E-state index is 12.4. The van der Waals surface area contributed by atoms with Crippen molar-refractivity contribution in [3.63, 3.8) is 0 Å². The van der Waals surface area contributed by atoms with Gasteiger partial charge in [0.15, 0.2) is 0 Å². The monoisotopic (exact) mass is 240 g/mol. The molecule has 2 aliphatic rings. The van der Waals surface area contributed by atoms with Gasteiger partial charge in [-0.05, 0) is 33.1 Å². The van der Waals surface area contributed by atoms with Crippen LogP contribution in [0.25, 0.3) is 0 Å². The lowest BCUT2D eigenvalue weighted by Crippen LogP contribution is -2.58. The van der Waals surface area contributed by atoms with Crippen molar-refractivity contribution in [2.75, 3.05) is 20.2 Å². The summed E-state index contributed by atoms with van der Waals surface area (Å²) in [6, 6.07) is 0.584. The van der Waals surface area contributed by atoms with Gasteiger partial charge in [0.2, 0.25) is 5.91 Å². The molecule has 0 aromatic rings. The van der Waals surface area contributed by atoms with E-state index in [9.17, 15) is 4.79 Å². The fourth-order valence-corrected chi connectivity index (χ4v) is 3.01. The van der Waals surface area contributed by atoms with Crippen LogP contribution in [0.5, 0.6) is 0 Å². The van der Waals surface area contributed by atoms with Crippen LogP contribution in [0.1, 0.15) is 39.5 Å². The Morgan fingerprint density at radius 1 is 1.35 bits per heavy atom. The number of methoxy groups -OCH3 is 1. The highest BCUT2D eigenvalue weighted by Crippen LogP contribution is 2.38. The number of nitrogens with zero attached hydrogens (tertiary/aromatic N) is 1. The predicted octanol–water partition coefficient (Wildman–Crippen LogP) is 1.15. The molecule has 2 unspecified atom stereocenters. The van der Waals surface area contributed by atoms with Crippen LogP contribution in [0.15, 0.2) is 0 Å². The summed E-state index contributed by atoms with van der Waals surface area (Å²) < 4.78 is 5.54. The summed E-state index contributed by atoms with van der Waals surface area (Å²) in [7, 11) is 1.73. The van der Waals surface area contributed by atoms with Crippen LogP contribution in [-0.4, -0.2) is 48.7 Å². The van der Waals surface area contributed by atoms with Crippen molar-refractivity contribution in [1.82, 2.24) is 10.2 Å². The first-order valence-electron chi connectivity index (χ1n) is 6.65. The molecule has 0 spiro atoms. The molecule has 2 atom stereocenters. The quantitative estimate of drug-likeness (QED) is 0.804. The van der Waals surface area contributed by atoms with E-state index in [1.54, 1.807) is 7.11 Å². The fourth-order valence-electron chi connectivity index (χ4n) is 3.01. The molecule has 1 amide bonds. The Hall–Kier alpha value is -0.610. The average Bonchev–Trinajstić information content (AvgIpc) is 2.23. The molecule has 17 heavy (non-hydrogen) atoms. The molecule has 98 valence electrons.